The lowest BCUT2D eigenvalue weighted by molar-refractivity contribution is -0.131. The number of amides is 1. The third kappa shape index (κ3) is 8.67. The number of rotatable bonds is 19. The first kappa shape index (κ1) is 33.6. The van der Waals surface area contributed by atoms with Crippen LogP contribution in [0.4, 0.5) is 0 Å². The van der Waals surface area contributed by atoms with Crippen LogP contribution in [0.25, 0.3) is 33.4 Å². The van der Waals surface area contributed by atoms with Crippen molar-refractivity contribution >= 4 is 23.8 Å². The number of fused-ring (bicyclic) bond motifs is 1. The predicted molar refractivity (Wildman–Crippen MR) is 175 cm³/mol. The number of nitrogens with one attached hydrogen (secondary N) is 2. The van der Waals surface area contributed by atoms with Crippen molar-refractivity contribution in [2.75, 3.05) is 20.3 Å². The largest absolute Gasteiger partial charge is 0.508 e. The fraction of sp³-hybridized carbons (Fsp3) is 0.429. The minimum atomic E-state index is -0.346. The summed E-state index contributed by atoms with van der Waals surface area (Å²) in [6.07, 6.45) is 9.64. The van der Waals surface area contributed by atoms with Crippen molar-refractivity contribution in [1.82, 2.24) is 25.4 Å². The molecule has 0 radical (unpaired) electrons. The van der Waals surface area contributed by atoms with Gasteiger partial charge in [-0.15, -0.1) is 0 Å². The standard InChI is InChI=1S/C35H45N5O5/c1-5-40-32-12-11-26(27-16-25(17-28(43)18-27)10-8-6-7-9-13-38-39-23-41)19-29(32)30(20-35(2,3)22-45-24-42)34(40)33-31(21-44-4)36-14-15-37-33/h11-12,14-19,23-24,38,43H,5-10,13,20-22H2,1-4H3,(H,39,41). The van der Waals surface area contributed by atoms with Gasteiger partial charge in [-0.3, -0.25) is 25.0 Å². The molecule has 0 aliphatic rings. The van der Waals surface area contributed by atoms with E-state index in [0.717, 1.165) is 95.4 Å². The van der Waals surface area contributed by atoms with Gasteiger partial charge in [0.25, 0.3) is 6.47 Å². The van der Waals surface area contributed by atoms with E-state index < -0.39 is 0 Å². The van der Waals surface area contributed by atoms with Gasteiger partial charge in [0.05, 0.1) is 24.6 Å². The molecule has 2 aromatic heterocycles. The number of hydrazine groups is 1. The normalized spacial score (nSPS) is 11.6. The second-order valence-corrected chi connectivity index (χ2v) is 12.1. The van der Waals surface area contributed by atoms with Crippen molar-refractivity contribution in [3.05, 3.63) is 65.6 Å². The van der Waals surface area contributed by atoms with Crippen LogP contribution in [-0.2, 0) is 45.1 Å². The maximum atomic E-state index is 11.1. The number of aromatic hydroxyl groups is 1. The number of methoxy groups -OCH3 is 1. The molecule has 45 heavy (non-hydrogen) atoms. The van der Waals surface area contributed by atoms with Gasteiger partial charge in [0.1, 0.15) is 11.4 Å². The summed E-state index contributed by atoms with van der Waals surface area (Å²) >= 11 is 0. The van der Waals surface area contributed by atoms with Crippen LogP contribution in [0, 0.1) is 5.41 Å². The SMILES string of the molecule is CCn1c(-c2nccnc2COC)c(CC(C)(C)COC=O)c2cc(-c3cc(O)cc(CCCCCCNNC=O)c3)ccc21. The molecule has 0 unspecified atom stereocenters. The zero-order valence-electron chi connectivity index (χ0n) is 26.8. The van der Waals surface area contributed by atoms with E-state index in [1.807, 2.05) is 12.1 Å². The van der Waals surface area contributed by atoms with E-state index in [4.69, 9.17) is 14.5 Å². The number of phenols is 1. The maximum Gasteiger partial charge on any atom is 0.293 e. The summed E-state index contributed by atoms with van der Waals surface area (Å²) in [5, 5.41) is 11.8. The minimum Gasteiger partial charge on any atom is -0.508 e. The molecule has 0 aliphatic carbocycles. The van der Waals surface area contributed by atoms with Gasteiger partial charge in [-0.1, -0.05) is 38.8 Å². The Morgan fingerprint density at radius 1 is 1.00 bits per heavy atom. The van der Waals surface area contributed by atoms with E-state index in [-0.39, 0.29) is 17.8 Å². The van der Waals surface area contributed by atoms with Gasteiger partial charge in [-0.25, -0.2) is 5.43 Å². The van der Waals surface area contributed by atoms with Crippen LogP contribution >= 0.6 is 0 Å². The number of unbranched alkanes of at least 4 members (excludes halogenated alkanes) is 3. The number of benzene rings is 2. The van der Waals surface area contributed by atoms with Crippen LogP contribution < -0.4 is 10.9 Å². The summed E-state index contributed by atoms with van der Waals surface area (Å²) < 4.78 is 13.0. The monoisotopic (exact) mass is 615 g/mol. The number of carbonyl (C=O) groups is 2. The van der Waals surface area contributed by atoms with Gasteiger partial charge in [0.2, 0.25) is 6.41 Å². The zero-order chi connectivity index (χ0) is 32.2. The molecular formula is C35H45N5O5. The molecule has 2 aromatic carbocycles. The molecule has 2 heterocycles. The third-order valence-electron chi connectivity index (χ3n) is 7.95. The minimum absolute atomic E-state index is 0.245. The fourth-order valence-electron chi connectivity index (χ4n) is 5.97. The number of aromatic nitrogens is 3. The Balaban J connectivity index is 1.73. The van der Waals surface area contributed by atoms with Gasteiger partial charge in [0.15, 0.2) is 0 Å². The van der Waals surface area contributed by atoms with Crippen molar-refractivity contribution in [2.24, 2.45) is 5.41 Å². The van der Waals surface area contributed by atoms with Gasteiger partial charge in [-0.2, -0.15) is 0 Å². The van der Waals surface area contributed by atoms with E-state index in [2.05, 4.69) is 65.4 Å². The van der Waals surface area contributed by atoms with Crippen LogP contribution in [0.3, 0.4) is 0 Å². The van der Waals surface area contributed by atoms with Crippen LogP contribution in [0.1, 0.15) is 63.3 Å². The molecule has 0 saturated heterocycles. The lowest BCUT2D eigenvalue weighted by Crippen LogP contribution is -2.30. The molecular weight excluding hydrogens is 570 g/mol. The molecule has 0 saturated carbocycles. The van der Waals surface area contributed by atoms with Gasteiger partial charge >= 0.3 is 0 Å². The zero-order valence-corrected chi connectivity index (χ0v) is 26.8. The Bertz CT molecular complexity index is 1580. The second-order valence-electron chi connectivity index (χ2n) is 12.1. The van der Waals surface area contributed by atoms with Gasteiger partial charge in [-0.05, 0) is 79.1 Å². The first-order valence-electron chi connectivity index (χ1n) is 15.6. The Hall–Kier alpha value is -4.28. The van der Waals surface area contributed by atoms with Crippen LogP contribution in [0.2, 0.25) is 0 Å². The fourth-order valence-corrected chi connectivity index (χ4v) is 5.97. The quantitative estimate of drug-likeness (QED) is 0.0693. The predicted octanol–water partition coefficient (Wildman–Crippen LogP) is 5.73. The highest BCUT2D eigenvalue weighted by Gasteiger charge is 2.28. The smallest absolute Gasteiger partial charge is 0.293 e. The molecule has 240 valence electrons. The molecule has 0 spiro atoms. The average molecular weight is 616 g/mol. The van der Waals surface area contributed by atoms with Crippen LogP contribution in [0.5, 0.6) is 5.75 Å². The molecule has 0 bridgehead atoms. The topological polar surface area (TPSA) is 128 Å². The maximum absolute atomic E-state index is 11.1. The molecule has 1 amide bonds. The number of ether oxygens (including phenoxy) is 2. The molecule has 10 heteroatoms. The number of hydrogen-bond donors (Lipinski definition) is 3. The van der Waals surface area contributed by atoms with Crippen molar-refractivity contribution in [3.8, 4) is 28.3 Å². The summed E-state index contributed by atoms with van der Waals surface area (Å²) in [5.74, 6) is 0.245. The van der Waals surface area contributed by atoms with E-state index in [1.165, 1.54) is 0 Å². The number of hydrogen-bond acceptors (Lipinski definition) is 8. The highest BCUT2D eigenvalue weighted by molar-refractivity contribution is 5.94. The molecule has 0 aliphatic heterocycles. The number of phenolic OH excluding ortho intramolecular Hbond substituents is 1. The Labute approximate surface area is 265 Å². The van der Waals surface area contributed by atoms with E-state index in [0.29, 0.717) is 25.9 Å². The lowest BCUT2D eigenvalue weighted by atomic mass is 9.84. The van der Waals surface area contributed by atoms with E-state index in [9.17, 15) is 14.7 Å². The van der Waals surface area contributed by atoms with Crippen molar-refractivity contribution in [2.45, 2.75) is 72.4 Å². The summed E-state index contributed by atoms with van der Waals surface area (Å²) in [6.45, 7) is 8.87. The molecule has 4 aromatic rings. The molecule has 10 nitrogen and oxygen atoms in total. The summed E-state index contributed by atoms with van der Waals surface area (Å²) in [7, 11) is 1.65. The van der Waals surface area contributed by atoms with Crippen molar-refractivity contribution < 1.29 is 24.2 Å². The van der Waals surface area contributed by atoms with Crippen LogP contribution in [0.15, 0.2) is 48.8 Å². The Kier molecular flexibility index (Phi) is 12.1. The van der Waals surface area contributed by atoms with Crippen molar-refractivity contribution in [1.29, 1.82) is 0 Å². The highest BCUT2D eigenvalue weighted by Crippen LogP contribution is 2.40. The summed E-state index contributed by atoms with van der Waals surface area (Å²) in [4.78, 5) is 30.8. The lowest BCUT2D eigenvalue weighted by Gasteiger charge is -2.24. The molecule has 3 N–H and O–H groups in total. The first-order valence-corrected chi connectivity index (χ1v) is 15.6. The molecule has 4 rings (SSSR count). The average Bonchev–Trinajstić information content (AvgIpc) is 3.33. The van der Waals surface area contributed by atoms with Crippen LogP contribution in [-0.4, -0.2) is 52.8 Å². The van der Waals surface area contributed by atoms with Gasteiger partial charge < -0.3 is 19.1 Å². The summed E-state index contributed by atoms with van der Waals surface area (Å²) in [6, 6.07) is 12.3. The second kappa shape index (κ2) is 16.2. The molecule has 0 fully saturated rings. The number of nitrogens with zero attached hydrogens (tertiary/aromatic N) is 3. The number of carbonyl (C=O) groups excluding carboxylic acids is 2. The van der Waals surface area contributed by atoms with E-state index >= 15 is 0 Å². The first-order chi connectivity index (χ1) is 21.8. The number of aryl methyl sites for hydroxylation is 2. The highest BCUT2D eigenvalue weighted by atomic mass is 16.5. The Morgan fingerprint density at radius 3 is 2.56 bits per heavy atom. The van der Waals surface area contributed by atoms with Crippen molar-refractivity contribution in [3.63, 3.8) is 0 Å². The molecule has 0 atom stereocenters. The third-order valence-corrected chi connectivity index (χ3v) is 7.95. The Morgan fingerprint density at radius 2 is 1.80 bits per heavy atom. The van der Waals surface area contributed by atoms with E-state index in [1.54, 1.807) is 19.5 Å². The summed E-state index contributed by atoms with van der Waals surface area (Å²) in [5.41, 5.74) is 12.7. The van der Waals surface area contributed by atoms with Gasteiger partial charge in [0, 0.05) is 48.9 Å².